The van der Waals surface area contributed by atoms with Gasteiger partial charge in [0.1, 0.15) is 0 Å². The number of likely N-dealkylation sites (tertiary alicyclic amines) is 1. The van der Waals surface area contributed by atoms with Crippen molar-refractivity contribution >= 4 is 15.9 Å². The molecule has 0 spiro atoms. The first kappa shape index (κ1) is 18.9. The Morgan fingerprint density at radius 1 is 1.25 bits per heavy atom. The van der Waals surface area contributed by atoms with E-state index in [0.29, 0.717) is 19.4 Å². The first-order chi connectivity index (χ1) is 11.4. The van der Waals surface area contributed by atoms with Crippen LogP contribution in [0, 0.1) is 0 Å². The second kappa shape index (κ2) is 8.60. The lowest BCUT2D eigenvalue weighted by Gasteiger charge is -2.29. The van der Waals surface area contributed by atoms with E-state index in [9.17, 15) is 13.2 Å². The van der Waals surface area contributed by atoms with Crippen LogP contribution in [0.25, 0.3) is 0 Å². The van der Waals surface area contributed by atoms with E-state index < -0.39 is 10.0 Å². The monoisotopic (exact) mass is 353 g/mol. The summed E-state index contributed by atoms with van der Waals surface area (Å²) in [5.41, 5.74) is 0. The number of nitrogens with zero attached hydrogens (tertiary/aromatic N) is 2. The number of hydrogen-bond donors (Lipinski definition) is 1. The van der Waals surface area contributed by atoms with Crippen LogP contribution in [0.15, 0.2) is 35.2 Å². The Morgan fingerprint density at radius 2 is 1.88 bits per heavy atom. The molecule has 0 aliphatic carbocycles. The Balaban J connectivity index is 1.74. The maximum Gasteiger partial charge on any atom is 0.242 e. The summed E-state index contributed by atoms with van der Waals surface area (Å²) in [6, 6.07) is 8.61. The van der Waals surface area contributed by atoms with Gasteiger partial charge >= 0.3 is 0 Å². The molecule has 0 unspecified atom stereocenters. The van der Waals surface area contributed by atoms with Gasteiger partial charge in [-0.15, -0.1) is 0 Å². The smallest absolute Gasteiger partial charge is 0.242 e. The predicted molar refractivity (Wildman–Crippen MR) is 94.2 cm³/mol. The maximum absolute atomic E-state index is 12.4. The van der Waals surface area contributed by atoms with Crippen molar-refractivity contribution in [3.8, 4) is 0 Å². The SMILES string of the molecule is CN1CCC(NC(=O)CCCN(C)S(=O)(=O)c2ccccc2)CC1. The average molecular weight is 353 g/mol. The summed E-state index contributed by atoms with van der Waals surface area (Å²) in [6.45, 7) is 2.34. The van der Waals surface area contributed by atoms with Crippen LogP contribution in [0.5, 0.6) is 0 Å². The van der Waals surface area contributed by atoms with Crippen molar-refractivity contribution in [2.24, 2.45) is 0 Å². The normalized spacial score (nSPS) is 17.1. The zero-order valence-corrected chi connectivity index (χ0v) is 15.3. The van der Waals surface area contributed by atoms with Crippen LogP contribution < -0.4 is 5.32 Å². The second-order valence-corrected chi connectivity index (χ2v) is 8.43. The van der Waals surface area contributed by atoms with E-state index >= 15 is 0 Å². The van der Waals surface area contributed by atoms with Crippen molar-refractivity contribution in [2.45, 2.75) is 36.6 Å². The first-order valence-corrected chi connectivity index (χ1v) is 9.83. The van der Waals surface area contributed by atoms with Crippen molar-refractivity contribution in [2.75, 3.05) is 33.7 Å². The minimum atomic E-state index is -3.47. The lowest BCUT2D eigenvalue weighted by molar-refractivity contribution is -0.122. The van der Waals surface area contributed by atoms with Crippen LogP contribution in [-0.4, -0.2) is 63.3 Å². The summed E-state index contributed by atoms with van der Waals surface area (Å²) in [6.07, 6.45) is 2.82. The van der Waals surface area contributed by atoms with Crippen LogP contribution in [0.1, 0.15) is 25.7 Å². The van der Waals surface area contributed by atoms with Gasteiger partial charge in [0.2, 0.25) is 15.9 Å². The summed E-state index contributed by atoms with van der Waals surface area (Å²) in [5, 5.41) is 3.05. The molecule has 6 nitrogen and oxygen atoms in total. The summed E-state index contributed by atoms with van der Waals surface area (Å²) >= 11 is 0. The minimum absolute atomic E-state index is 0.00932. The van der Waals surface area contributed by atoms with Crippen LogP contribution in [0.3, 0.4) is 0 Å². The number of piperidine rings is 1. The van der Waals surface area contributed by atoms with Gasteiger partial charge in [-0.1, -0.05) is 18.2 Å². The third-order valence-corrected chi connectivity index (χ3v) is 6.28. The molecule has 0 saturated carbocycles. The van der Waals surface area contributed by atoms with Gasteiger partial charge in [-0.2, -0.15) is 0 Å². The quantitative estimate of drug-likeness (QED) is 0.802. The van der Waals surface area contributed by atoms with E-state index in [1.54, 1.807) is 37.4 Å². The van der Waals surface area contributed by atoms with Crippen molar-refractivity contribution < 1.29 is 13.2 Å². The maximum atomic E-state index is 12.4. The molecule has 24 heavy (non-hydrogen) atoms. The molecule has 2 rings (SSSR count). The molecule has 1 amide bonds. The predicted octanol–water partition coefficient (Wildman–Crippen LogP) is 1.30. The van der Waals surface area contributed by atoms with E-state index in [4.69, 9.17) is 0 Å². The molecule has 1 heterocycles. The number of amides is 1. The van der Waals surface area contributed by atoms with Crippen LogP contribution >= 0.6 is 0 Å². The molecule has 1 N–H and O–H groups in total. The van der Waals surface area contributed by atoms with E-state index in [1.807, 2.05) is 0 Å². The molecule has 0 atom stereocenters. The zero-order valence-electron chi connectivity index (χ0n) is 14.4. The van der Waals surface area contributed by atoms with Crippen LogP contribution in [-0.2, 0) is 14.8 Å². The molecule has 0 aromatic heterocycles. The highest BCUT2D eigenvalue weighted by Crippen LogP contribution is 2.14. The Hall–Kier alpha value is -1.44. The Kier molecular flexibility index (Phi) is 6.77. The number of benzene rings is 1. The molecule has 0 radical (unpaired) electrons. The highest BCUT2D eigenvalue weighted by Gasteiger charge is 2.21. The molecule has 1 saturated heterocycles. The first-order valence-electron chi connectivity index (χ1n) is 8.39. The Morgan fingerprint density at radius 3 is 2.50 bits per heavy atom. The lowest BCUT2D eigenvalue weighted by Crippen LogP contribution is -2.43. The highest BCUT2D eigenvalue weighted by atomic mass is 32.2. The number of carbonyl (C=O) groups is 1. The number of sulfonamides is 1. The molecule has 1 fully saturated rings. The second-order valence-electron chi connectivity index (χ2n) is 6.39. The molecule has 1 aromatic carbocycles. The average Bonchev–Trinajstić information content (AvgIpc) is 2.57. The van der Waals surface area contributed by atoms with E-state index in [2.05, 4.69) is 17.3 Å². The summed E-state index contributed by atoms with van der Waals surface area (Å²) < 4.78 is 26.1. The molecule has 1 aromatic rings. The number of carbonyl (C=O) groups excluding carboxylic acids is 1. The summed E-state index contributed by atoms with van der Waals surface area (Å²) in [4.78, 5) is 14.5. The minimum Gasteiger partial charge on any atom is -0.353 e. The fraction of sp³-hybridized carbons (Fsp3) is 0.588. The van der Waals surface area contributed by atoms with Crippen LogP contribution in [0.2, 0.25) is 0 Å². The third-order valence-electron chi connectivity index (χ3n) is 4.41. The fourth-order valence-corrected chi connectivity index (χ4v) is 4.04. The largest absolute Gasteiger partial charge is 0.353 e. The standard InChI is InChI=1S/C17H27N3O3S/c1-19-13-10-15(11-14-19)18-17(21)9-6-12-20(2)24(22,23)16-7-4-3-5-8-16/h3-5,7-8,15H,6,9-14H2,1-2H3,(H,18,21). The summed E-state index contributed by atoms with van der Waals surface area (Å²) in [7, 11) is 0.163. The van der Waals surface area contributed by atoms with Gasteiger partial charge in [0.05, 0.1) is 4.90 Å². The van der Waals surface area contributed by atoms with Crippen molar-refractivity contribution in [3.05, 3.63) is 30.3 Å². The number of rotatable bonds is 7. The van der Waals surface area contributed by atoms with Crippen molar-refractivity contribution in [1.82, 2.24) is 14.5 Å². The van der Waals surface area contributed by atoms with Gasteiger partial charge in [0, 0.05) is 26.1 Å². The van der Waals surface area contributed by atoms with Gasteiger partial charge < -0.3 is 10.2 Å². The lowest BCUT2D eigenvalue weighted by atomic mass is 10.1. The van der Waals surface area contributed by atoms with Crippen molar-refractivity contribution in [3.63, 3.8) is 0 Å². The van der Waals surface area contributed by atoms with Gasteiger partial charge in [0.15, 0.2) is 0 Å². The number of hydrogen-bond acceptors (Lipinski definition) is 4. The van der Waals surface area contributed by atoms with Crippen molar-refractivity contribution in [1.29, 1.82) is 0 Å². The summed E-state index contributed by atoms with van der Waals surface area (Å²) in [5.74, 6) is 0.00932. The molecule has 1 aliphatic heterocycles. The molecule has 134 valence electrons. The Labute approximate surface area is 144 Å². The topological polar surface area (TPSA) is 69.7 Å². The zero-order chi connectivity index (χ0) is 17.6. The van der Waals surface area contributed by atoms with E-state index in [0.717, 1.165) is 25.9 Å². The van der Waals surface area contributed by atoms with Gasteiger partial charge in [0.25, 0.3) is 0 Å². The third kappa shape index (κ3) is 5.29. The molecule has 1 aliphatic rings. The van der Waals surface area contributed by atoms with E-state index in [1.165, 1.54) is 4.31 Å². The Bertz CT molecular complexity index is 626. The highest BCUT2D eigenvalue weighted by molar-refractivity contribution is 7.89. The number of nitrogens with one attached hydrogen (secondary N) is 1. The molecular formula is C17H27N3O3S. The van der Waals surface area contributed by atoms with E-state index in [-0.39, 0.29) is 16.8 Å². The van der Waals surface area contributed by atoms with Gasteiger partial charge in [-0.05, 0) is 51.5 Å². The van der Waals surface area contributed by atoms with Crippen LogP contribution in [0.4, 0.5) is 0 Å². The molecule has 7 heteroatoms. The molecular weight excluding hydrogens is 326 g/mol. The van der Waals surface area contributed by atoms with Gasteiger partial charge in [-0.25, -0.2) is 12.7 Å². The fourth-order valence-electron chi connectivity index (χ4n) is 2.81. The molecule has 0 bridgehead atoms. The van der Waals surface area contributed by atoms with Gasteiger partial charge in [-0.3, -0.25) is 4.79 Å².